The van der Waals surface area contributed by atoms with E-state index in [0.717, 1.165) is 35.0 Å². The zero-order valence-electron chi connectivity index (χ0n) is 15.7. The summed E-state index contributed by atoms with van der Waals surface area (Å²) < 4.78 is 10.7. The molecular weight excluding hydrogens is 340 g/mol. The summed E-state index contributed by atoms with van der Waals surface area (Å²) in [5.74, 6) is 1.55. The monoisotopic (exact) mass is 362 g/mol. The van der Waals surface area contributed by atoms with Gasteiger partial charge >= 0.3 is 0 Å². The average molecular weight is 362 g/mol. The molecule has 2 aromatic carbocycles. The van der Waals surface area contributed by atoms with Crippen molar-refractivity contribution in [1.82, 2.24) is 4.98 Å². The fourth-order valence-electron chi connectivity index (χ4n) is 3.28. The number of rotatable bonds is 5. The number of anilines is 1. The van der Waals surface area contributed by atoms with Crippen molar-refractivity contribution < 1.29 is 14.3 Å². The molecule has 5 nitrogen and oxygen atoms in total. The Morgan fingerprint density at radius 2 is 1.78 bits per heavy atom. The third-order valence-corrected chi connectivity index (χ3v) is 4.95. The van der Waals surface area contributed by atoms with Crippen molar-refractivity contribution in [2.75, 3.05) is 19.5 Å². The molecule has 0 aliphatic heterocycles. The summed E-state index contributed by atoms with van der Waals surface area (Å²) in [5.41, 5.74) is 4.11. The fraction of sp³-hybridized carbons (Fsp3) is 0.273. The van der Waals surface area contributed by atoms with E-state index in [4.69, 9.17) is 14.5 Å². The summed E-state index contributed by atoms with van der Waals surface area (Å²) in [6.45, 7) is 1.93. The van der Waals surface area contributed by atoms with Crippen molar-refractivity contribution in [1.29, 1.82) is 0 Å². The highest BCUT2D eigenvalue weighted by atomic mass is 16.5. The highest BCUT2D eigenvalue weighted by Crippen LogP contribution is 2.40. The molecule has 1 fully saturated rings. The molecule has 0 unspecified atom stereocenters. The van der Waals surface area contributed by atoms with Gasteiger partial charge in [0.05, 0.1) is 25.3 Å². The van der Waals surface area contributed by atoms with Crippen LogP contribution in [0.4, 0.5) is 5.69 Å². The number of nitrogens with one attached hydrogen (secondary N) is 1. The number of nitrogens with zero attached hydrogens (tertiary/aromatic N) is 1. The van der Waals surface area contributed by atoms with E-state index in [0.29, 0.717) is 28.7 Å². The van der Waals surface area contributed by atoms with Gasteiger partial charge in [0.2, 0.25) is 0 Å². The van der Waals surface area contributed by atoms with Crippen LogP contribution in [0.25, 0.3) is 10.9 Å². The van der Waals surface area contributed by atoms with E-state index in [1.807, 2.05) is 43.3 Å². The van der Waals surface area contributed by atoms with Crippen LogP contribution in [0.5, 0.6) is 11.5 Å². The number of fused-ring (bicyclic) bond motifs is 1. The molecule has 1 heterocycles. The average Bonchev–Trinajstić information content (AvgIpc) is 3.53. The lowest BCUT2D eigenvalue weighted by Crippen LogP contribution is -2.14. The number of benzene rings is 2. The van der Waals surface area contributed by atoms with Gasteiger partial charge < -0.3 is 14.8 Å². The number of methoxy groups -OCH3 is 2. The van der Waals surface area contributed by atoms with Crippen molar-refractivity contribution in [3.8, 4) is 11.5 Å². The van der Waals surface area contributed by atoms with Crippen molar-refractivity contribution in [3.63, 3.8) is 0 Å². The molecule has 3 aromatic rings. The minimum absolute atomic E-state index is 0.147. The Hall–Kier alpha value is -3.08. The van der Waals surface area contributed by atoms with E-state index < -0.39 is 0 Å². The maximum absolute atomic E-state index is 13.1. The van der Waals surface area contributed by atoms with Crippen LogP contribution in [0.15, 0.2) is 42.5 Å². The van der Waals surface area contributed by atoms with Crippen LogP contribution in [0.1, 0.15) is 40.4 Å². The SMILES string of the molecule is COc1cc(C)c(NC(=O)c2cc(C3CC3)nc3ccccc23)cc1OC. The topological polar surface area (TPSA) is 60.5 Å². The standard InChI is InChI=1S/C22H22N2O3/c1-13-10-20(26-2)21(27-3)12-18(13)24-22(25)16-11-19(14-8-9-14)23-17-7-5-4-6-15(16)17/h4-7,10-12,14H,8-9H2,1-3H3,(H,24,25). The molecule has 0 spiro atoms. The Labute approximate surface area is 158 Å². The summed E-state index contributed by atoms with van der Waals surface area (Å²) in [7, 11) is 3.18. The molecule has 4 rings (SSSR count). The van der Waals surface area contributed by atoms with Gasteiger partial charge in [0.25, 0.3) is 5.91 Å². The number of carbonyl (C=O) groups is 1. The molecule has 1 amide bonds. The van der Waals surface area contributed by atoms with Gasteiger partial charge in [-0.1, -0.05) is 18.2 Å². The second-order valence-corrected chi connectivity index (χ2v) is 6.86. The molecule has 1 aromatic heterocycles. The predicted molar refractivity (Wildman–Crippen MR) is 106 cm³/mol. The first kappa shape index (κ1) is 17.3. The van der Waals surface area contributed by atoms with Crippen LogP contribution >= 0.6 is 0 Å². The van der Waals surface area contributed by atoms with Gasteiger partial charge in [0, 0.05) is 28.8 Å². The molecule has 0 radical (unpaired) electrons. The molecule has 0 atom stereocenters. The van der Waals surface area contributed by atoms with E-state index >= 15 is 0 Å². The van der Waals surface area contributed by atoms with Crippen LogP contribution in [0, 0.1) is 6.92 Å². The summed E-state index contributed by atoms with van der Waals surface area (Å²) in [6.07, 6.45) is 2.28. The minimum Gasteiger partial charge on any atom is -0.493 e. The van der Waals surface area contributed by atoms with Crippen LogP contribution in [0.3, 0.4) is 0 Å². The second kappa shape index (κ2) is 6.91. The van der Waals surface area contributed by atoms with Crippen molar-refractivity contribution in [3.05, 3.63) is 59.3 Å². The van der Waals surface area contributed by atoms with Crippen LogP contribution in [-0.2, 0) is 0 Å². The lowest BCUT2D eigenvalue weighted by Gasteiger charge is -2.15. The van der Waals surface area contributed by atoms with E-state index in [1.54, 1.807) is 20.3 Å². The molecule has 0 bridgehead atoms. The first-order valence-corrected chi connectivity index (χ1v) is 9.04. The van der Waals surface area contributed by atoms with Crippen LogP contribution in [0.2, 0.25) is 0 Å². The number of para-hydroxylation sites is 1. The molecule has 1 aliphatic carbocycles. The van der Waals surface area contributed by atoms with E-state index in [9.17, 15) is 4.79 Å². The van der Waals surface area contributed by atoms with Crippen molar-refractivity contribution >= 4 is 22.5 Å². The van der Waals surface area contributed by atoms with Crippen molar-refractivity contribution in [2.24, 2.45) is 0 Å². The number of carbonyl (C=O) groups excluding carboxylic acids is 1. The van der Waals surface area contributed by atoms with E-state index in [1.165, 1.54) is 0 Å². The highest BCUT2D eigenvalue weighted by molar-refractivity contribution is 6.12. The fourth-order valence-corrected chi connectivity index (χ4v) is 3.28. The Balaban J connectivity index is 1.73. The van der Waals surface area contributed by atoms with Crippen LogP contribution in [-0.4, -0.2) is 25.1 Å². The lowest BCUT2D eigenvalue weighted by atomic mass is 10.0. The number of pyridine rings is 1. The summed E-state index contributed by atoms with van der Waals surface area (Å²) >= 11 is 0. The van der Waals surface area contributed by atoms with Gasteiger partial charge in [-0.2, -0.15) is 0 Å². The smallest absolute Gasteiger partial charge is 0.256 e. The number of ether oxygens (including phenoxy) is 2. The quantitative estimate of drug-likeness (QED) is 0.715. The molecule has 1 aliphatic rings. The van der Waals surface area contributed by atoms with Crippen LogP contribution < -0.4 is 14.8 Å². The molecule has 1 saturated carbocycles. The van der Waals surface area contributed by atoms with E-state index in [-0.39, 0.29) is 5.91 Å². The first-order chi connectivity index (χ1) is 13.1. The zero-order valence-corrected chi connectivity index (χ0v) is 15.7. The Morgan fingerprint density at radius 3 is 2.48 bits per heavy atom. The lowest BCUT2D eigenvalue weighted by molar-refractivity contribution is 0.102. The molecule has 0 saturated heterocycles. The Kier molecular flexibility index (Phi) is 4.44. The molecule has 138 valence electrons. The number of hydrogen-bond acceptors (Lipinski definition) is 4. The zero-order chi connectivity index (χ0) is 19.0. The number of aromatic nitrogens is 1. The normalized spacial score (nSPS) is 13.4. The Morgan fingerprint density at radius 1 is 1.07 bits per heavy atom. The van der Waals surface area contributed by atoms with Gasteiger partial charge in [-0.05, 0) is 43.5 Å². The van der Waals surface area contributed by atoms with Gasteiger partial charge in [0.1, 0.15) is 0 Å². The minimum atomic E-state index is -0.147. The van der Waals surface area contributed by atoms with Crippen molar-refractivity contribution in [2.45, 2.75) is 25.7 Å². The second-order valence-electron chi connectivity index (χ2n) is 6.86. The van der Waals surface area contributed by atoms with Gasteiger partial charge in [-0.25, -0.2) is 0 Å². The van der Waals surface area contributed by atoms with Gasteiger partial charge in [-0.3, -0.25) is 9.78 Å². The van der Waals surface area contributed by atoms with Gasteiger partial charge in [-0.15, -0.1) is 0 Å². The summed E-state index contributed by atoms with van der Waals surface area (Å²) in [4.78, 5) is 17.9. The molecule has 1 N–H and O–H groups in total. The molecular formula is C22H22N2O3. The maximum atomic E-state index is 13.1. The van der Waals surface area contributed by atoms with Gasteiger partial charge in [0.15, 0.2) is 11.5 Å². The highest BCUT2D eigenvalue weighted by Gasteiger charge is 2.27. The molecule has 5 heteroatoms. The first-order valence-electron chi connectivity index (χ1n) is 9.04. The largest absolute Gasteiger partial charge is 0.493 e. The Bertz CT molecular complexity index is 1030. The number of amides is 1. The summed E-state index contributed by atoms with van der Waals surface area (Å²) in [6, 6.07) is 13.4. The summed E-state index contributed by atoms with van der Waals surface area (Å²) in [5, 5.41) is 3.89. The molecule has 27 heavy (non-hydrogen) atoms. The number of hydrogen-bond donors (Lipinski definition) is 1. The van der Waals surface area contributed by atoms with E-state index in [2.05, 4.69) is 5.32 Å². The predicted octanol–water partition coefficient (Wildman–Crippen LogP) is 4.69. The maximum Gasteiger partial charge on any atom is 0.256 e. The third-order valence-electron chi connectivity index (χ3n) is 4.95. The third kappa shape index (κ3) is 3.33. The number of aryl methyl sites for hydroxylation is 1.